The number of benzene rings is 1. The molecule has 116 valence electrons. The second-order valence-corrected chi connectivity index (χ2v) is 5.71. The summed E-state index contributed by atoms with van der Waals surface area (Å²) < 4.78 is 11.4. The van der Waals surface area contributed by atoms with Gasteiger partial charge in [0.1, 0.15) is 0 Å². The van der Waals surface area contributed by atoms with E-state index in [2.05, 4.69) is 6.92 Å². The van der Waals surface area contributed by atoms with Crippen LogP contribution in [-0.4, -0.2) is 18.7 Å². The van der Waals surface area contributed by atoms with Gasteiger partial charge >= 0.3 is 5.97 Å². The molecule has 1 saturated carbocycles. The minimum absolute atomic E-state index is 0.193. The third kappa shape index (κ3) is 5.16. The standard InChI is InChI=1S/C18H26O3/c1-2-3-9-14-20-18(19)17(15-10-5-4-6-11-15)21-16-12-7-8-13-16/h4-6,10-11,16-17H,2-3,7-9,12-14H2,1H3. The molecule has 1 fully saturated rings. The molecular formula is C18H26O3. The summed E-state index contributed by atoms with van der Waals surface area (Å²) in [6, 6.07) is 9.69. The fourth-order valence-corrected chi connectivity index (χ4v) is 2.72. The Labute approximate surface area is 127 Å². The van der Waals surface area contributed by atoms with Crippen molar-refractivity contribution >= 4 is 5.97 Å². The lowest BCUT2D eigenvalue weighted by atomic mass is 10.1. The van der Waals surface area contributed by atoms with Crippen LogP contribution in [0.3, 0.4) is 0 Å². The number of esters is 1. The summed E-state index contributed by atoms with van der Waals surface area (Å²) in [4.78, 5) is 12.3. The van der Waals surface area contributed by atoms with Gasteiger partial charge in [-0.05, 0) is 24.8 Å². The van der Waals surface area contributed by atoms with E-state index in [1.54, 1.807) is 0 Å². The number of unbranched alkanes of at least 4 members (excludes halogenated alkanes) is 2. The van der Waals surface area contributed by atoms with Crippen molar-refractivity contribution in [3.05, 3.63) is 35.9 Å². The average molecular weight is 290 g/mol. The summed E-state index contributed by atoms with van der Waals surface area (Å²) >= 11 is 0. The summed E-state index contributed by atoms with van der Waals surface area (Å²) in [6.45, 7) is 2.63. The molecule has 0 N–H and O–H groups in total. The molecule has 0 spiro atoms. The van der Waals surface area contributed by atoms with Crippen LogP contribution in [-0.2, 0) is 14.3 Å². The lowest BCUT2D eigenvalue weighted by Crippen LogP contribution is -2.23. The monoisotopic (exact) mass is 290 g/mol. The van der Waals surface area contributed by atoms with Crippen LogP contribution in [0.15, 0.2) is 30.3 Å². The highest BCUT2D eigenvalue weighted by atomic mass is 16.6. The van der Waals surface area contributed by atoms with Gasteiger partial charge < -0.3 is 9.47 Å². The Morgan fingerprint density at radius 3 is 2.57 bits per heavy atom. The summed E-state index contributed by atoms with van der Waals surface area (Å²) in [5, 5.41) is 0. The fourth-order valence-electron chi connectivity index (χ4n) is 2.72. The molecule has 0 aliphatic heterocycles. The zero-order valence-electron chi connectivity index (χ0n) is 12.9. The van der Waals surface area contributed by atoms with Gasteiger partial charge in [0.15, 0.2) is 6.10 Å². The number of hydrogen-bond donors (Lipinski definition) is 0. The van der Waals surface area contributed by atoms with Crippen molar-refractivity contribution in [3.8, 4) is 0 Å². The van der Waals surface area contributed by atoms with Gasteiger partial charge in [-0.1, -0.05) is 62.9 Å². The molecule has 0 aromatic heterocycles. The Morgan fingerprint density at radius 2 is 1.90 bits per heavy atom. The first-order valence-corrected chi connectivity index (χ1v) is 8.18. The first-order chi connectivity index (χ1) is 10.3. The summed E-state index contributed by atoms with van der Waals surface area (Å²) in [6.07, 6.45) is 7.24. The van der Waals surface area contributed by atoms with Crippen LogP contribution < -0.4 is 0 Å². The average Bonchev–Trinajstić information content (AvgIpc) is 3.03. The number of ether oxygens (including phenoxy) is 2. The van der Waals surface area contributed by atoms with E-state index in [0.29, 0.717) is 6.61 Å². The maximum atomic E-state index is 12.3. The molecule has 1 atom stereocenters. The Hall–Kier alpha value is -1.35. The van der Waals surface area contributed by atoms with Crippen molar-refractivity contribution < 1.29 is 14.3 Å². The molecule has 1 aromatic rings. The SMILES string of the molecule is CCCCCOC(=O)C(OC1CCCC1)c1ccccc1. The molecule has 1 aromatic carbocycles. The summed E-state index contributed by atoms with van der Waals surface area (Å²) in [5.41, 5.74) is 0.893. The molecular weight excluding hydrogens is 264 g/mol. The van der Waals surface area contributed by atoms with Gasteiger partial charge in [0.05, 0.1) is 12.7 Å². The molecule has 1 aliphatic rings. The van der Waals surface area contributed by atoms with Crippen molar-refractivity contribution in [1.82, 2.24) is 0 Å². The molecule has 2 rings (SSSR count). The second kappa shape index (κ2) is 8.83. The van der Waals surface area contributed by atoms with Crippen molar-refractivity contribution in [3.63, 3.8) is 0 Å². The summed E-state index contributed by atoms with van der Waals surface area (Å²) in [7, 11) is 0. The first kappa shape index (κ1) is 16.0. The number of rotatable bonds is 8. The molecule has 0 radical (unpaired) electrons. The maximum absolute atomic E-state index is 12.3. The molecule has 21 heavy (non-hydrogen) atoms. The van der Waals surface area contributed by atoms with Gasteiger partial charge in [0, 0.05) is 0 Å². The van der Waals surface area contributed by atoms with Crippen molar-refractivity contribution in [2.75, 3.05) is 6.61 Å². The molecule has 0 bridgehead atoms. The zero-order valence-corrected chi connectivity index (χ0v) is 12.9. The second-order valence-electron chi connectivity index (χ2n) is 5.71. The van der Waals surface area contributed by atoms with E-state index >= 15 is 0 Å². The Bertz CT molecular complexity index is 410. The van der Waals surface area contributed by atoms with E-state index < -0.39 is 6.10 Å². The highest BCUT2D eigenvalue weighted by Gasteiger charge is 2.28. The van der Waals surface area contributed by atoms with E-state index in [9.17, 15) is 4.79 Å². The van der Waals surface area contributed by atoms with Crippen LogP contribution in [0, 0.1) is 0 Å². The fraction of sp³-hybridized carbons (Fsp3) is 0.611. The number of carbonyl (C=O) groups excluding carboxylic acids is 1. The van der Waals surface area contributed by atoms with E-state index in [0.717, 1.165) is 37.7 Å². The van der Waals surface area contributed by atoms with Gasteiger partial charge in [-0.3, -0.25) is 0 Å². The quantitative estimate of drug-likeness (QED) is 0.525. The van der Waals surface area contributed by atoms with Crippen LogP contribution in [0.4, 0.5) is 0 Å². The van der Waals surface area contributed by atoms with Gasteiger partial charge in [-0.15, -0.1) is 0 Å². The molecule has 3 heteroatoms. The zero-order chi connectivity index (χ0) is 14.9. The third-order valence-electron chi connectivity index (χ3n) is 3.94. The van der Waals surface area contributed by atoms with Crippen molar-refractivity contribution in [1.29, 1.82) is 0 Å². The van der Waals surface area contributed by atoms with Crippen LogP contribution in [0.5, 0.6) is 0 Å². The van der Waals surface area contributed by atoms with Gasteiger partial charge in [0.2, 0.25) is 0 Å². The minimum Gasteiger partial charge on any atom is -0.464 e. The highest BCUT2D eigenvalue weighted by molar-refractivity contribution is 5.76. The summed E-state index contributed by atoms with van der Waals surface area (Å²) in [5.74, 6) is -0.246. The Balaban J connectivity index is 1.95. The maximum Gasteiger partial charge on any atom is 0.339 e. The van der Waals surface area contributed by atoms with Gasteiger partial charge in [-0.2, -0.15) is 0 Å². The van der Waals surface area contributed by atoms with E-state index in [-0.39, 0.29) is 12.1 Å². The molecule has 0 saturated heterocycles. The smallest absolute Gasteiger partial charge is 0.339 e. The van der Waals surface area contributed by atoms with E-state index in [1.165, 1.54) is 12.8 Å². The van der Waals surface area contributed by atoms with Crippen LogP contribution in [0.1, 0.15) is 63.5 Å². The molecule has 0 amide bonds. The largest absolute Gasteiger partial charge is 0.464 e. The van der Waals surface area contributed by atoms with Crippen LogP contribution in [0.25, 0.3) is 0 Å². The molecule has 0 heterocycles. The van der Waals surface area contributed by atoms with Crippen molar-refractivity contribution in [2.45, 2.75) is 64.1 Å². The van der Waals surface area contributed by atoms with Crippen LogP contribution in [0.2, 0.25) is 0 Å². The lowest BCUT2D eigenvalue weighted by Gasteiger charge is -2.21. The highest BCUT2D eigenvalue weighted by Crippen LogP contribution is 2.28. The minimum atomic E-state index is -0.573. The predicted molar refractivity (Wildman–Crippen MR) is 83.0 cm³/mol. The normalized spacial score (nSPS) is 16.8. The number of hydrogen-bond acceptors (Lipinski definition) is 3. The van der Waals surface area contributed by atoms with Crippen molar-refractivity contribution in [2.24, 2.45) is 0 Å². The third-order valence-corrected chi connectivity index (χ3v) is 3.94. The topological polar surface area (TPSA) is 35.5 Å². The predicted octanol–water partition coefficient (Wildman–Crippen LogP) is 4.42. The van der Waals surface area contributed by atoms with Gasteiger partial charge in [-0.25, -0.2) is 4.79 Å². The van der Waals surface area contributed by atoms with E-state index in [1.807, 2.05) is 30.3 Å². The molecule has 1 unspecified atom stereocenters. The Kier molecular flexibility index (Phi) is 6.74. The number of carbonyl (C=O) groups is 1. The molecule has 3 nitrogen and oxygen atoms in total. The van der Waals surface area contributed by atoms with Crippen LogP contribution >= 0.6 is 0 Å². The Morgan fingerprint density at radius 1 is 1.19 bits per heavy atom. The van der Waals surface area contributed by atoms with E-state index in [4.69, 9.17) is 9.47 Å². The van der Waals surface area contributed by atoms with Gasteiger partial charge in [0.25, 0.3) is 0 Å². The molecule has 1 aliphatic carbocycles. The lowest BCUT2D eigenvalue weighted by molar-refractivity contribution is -0.161. The first-order valence-electron chi connectivity index (χ1n) is 8.18.